The van der Waals surface area contributed by atoms with Crippen molar-refractivity contribution in [2.75, 3.05) is 20.2 Å². The molecule has 0 spiro atoms. The summed E-state index contributed by atoms with van der Waals surface area (Å²) in [5.74, 6) is 2.26. The molecule has 0 saturated carbocycles. The van der Waals surface area contributed by atoms with Crippen LogP contribution in [0.5, 0.6) is 11.5 Å². The third kappa shape index (κ3) is 4.55. The quantitative estimate of drug-likeness (QED) is 0.692. The van der Waals surface area contributed by atoms with E-state index in [-0.39, 0.29) is 0 Å². The SMILES string of the molecule is COc1cc(C(=S)N2CCC(C)CC2)ccc1OCc1ccc(C)cc1. The highest BCUT2D eigenvalue weighted by Crippen LogP contribution is 2.30. The zero-order valence-electron chi connectivity index (χ0n) is 15.8. The van der Waals surface area contributed by atoms with Gasteiger partial charge in [0.1, 0.15) is 11.6 Å². The molecule has 3 nitrogen and oxygen atoms in total. The summed E-state index contributed by atoms with van der Waals surface area (Å²) < 4.78 is 11.5. The fourth-order valence-electron chi connectivity index (χ4n) is 3.16. The van der Waals surface area contributed by atoms with Gasteiger partial charge in [-0.3, -0.25) is 0 Å². The fourth-order valence-corrected chi connectivity index (χ4v) is 3.47. The van der Waals surface area contributed by atoms with Crippen molar-refractivity contribution in [1.29, 1.82) is 0 Å². The minimum Gasteiger partial charge on any atom is -0.493 e. The molecule has 2 aromatic rings. The summed E-state index contributed by atoms with van der Waals surface area (Å²) in [6.07, 6.45) is 2.41. The van der Waals surface area contributed by atoms with E-state index < -0.39 is 0 Å². The number of methoxy groups -OCH3 is 1. The predicted molar refractivity (Wildman–Crippen MR) is 110 cm³/mol. The molecule has 1 aliphatic rings. The van der Waals surface area contributed by atoms with Crippen LogP contribution < -0.4 is 9.47 Å². The molecule has 1 saturated heterocycles. The Kier molecular flexibility index (Phi) is 6.15. The molecule has 0 aromatic heterocycles. The van der Waals surface area contributed by atoms with Gasteiger partial charge in [-0.25, -0.2) is 0 Å². The number of aryl methyl sites for hydroxylation is 1. The number of benzene rings is 2. The van der Waals surface area contributed by atoms with E-state index in [0.29, 0.717) is 6.61 Å². The summed E-state index contributed by atoms with van der Waals surface area (Å²) in [6, 6.07) is 14.3. The molecular weight excluding hydrogens is 342 g/mol. The number of ether oxygens (including phenoxy) is 2. The summed E-state index contributed by atoms with van der Waals surface area (Å²) in [5.41, 5.74) is 3.41. The zero-order valence-corrected chi connectivity index (χ0v) is 16.6. The van der Waals surface area contributed by atoms with Gasteiger partial charge in [0.05, 0.1) is 7.11 Å². The topological polar surface area (TPSA) is 21.7 Å². The molecule has 1 heterocycles. The molecule has 1 fully saturated rings. The van der Waals surface area contributed by atoms with Gasteiger partial charge >= 0.3 is 0 Å². The lowest BCUT2D eigenvalue weighted by molar-refractivity contribution is 0.282. The third-order valence-corrected chi connectivity index (χ3v) is 5.49. The average molecular weight is 370 g/mol. The van der Waals surface area contributed by atoms with Crippen LogP contribution in [0.15, 0.2) is 42.5 Å². The lowest BCUT2D eigenvalue weighted by atomic mass is 9.99. The van der Waals surface area contributed by atoms with Gasteiger partial charge in [0.25, 0.3) is 0 Å². The maximum absolute atomic E-state index is 5.97. The van der Waals surface area contributed by atoms with Gasteiger partial charge in [-0.1, -0.05) is 49.0 Å². The van der Waals surface area contributed by atoms with Crippen LogP contribution in [0.4, 0.5) is 0 Å². The van der Waals surface area contributed by atoms with Crippen LogP contribution >= 0.6 is 12.2 Å². The van der Waals surface area contributed by atoms with E-state index in [9.17, 15) is 0 Å². The highest BCUT2D eigenvalue weighted by molar-refractivity contribution is 7.80. The lowest BCUT2D eigenvalue weighted by Crippen LogP contribution is -2.37. The zero-order chi connectivity index (χ0) is 18.5. The first-order valence-corrected chi connectivity index (χ1v) is 9.63. The van der Waals surface area contributed by atoms with E-state index in [1.54, 1.807) is 7.11 Å². The molecule has 0 aliphatic carbocycles. The second-order valence-corrected chi connectivity index (χ2v) is 7.50. The molecule has 3 rings (SSSR count). The molecule has 138 valence electrons. The number of likely N-dealkylation sites (tertiary alicyclic amines) is 1. The minimum absolute atomic E-state index is 0.518. The summed E-state index contributed by atoms with van der Waals surface area (Å²) in [7, 11) is 1.67. The molecule has 4 heteroatoms. The van der Waals surface area contributed by atoms with Crippen LogP contribution in [-0.2, 0) is 6.61 Å². The van der Waals surface area contributed by atoms with Crippen molar-refractivity contribution in [3.8, 4) is 11.5 Å². The van der Waals surface area contributed by atoms with Crippen molar-refractivity contribution in [3.05, 3.63) is 59.2 Å². The van der Waals surface area contributed by atoms with Crippen molar-refractivity contribution in [2.24, 2.45) is 5.92 Å². The Balaban J connectivity index is 1.68. The lowest BCUT2D eigenvalue weighted by Gasteiger charge is -2.32. The maximum atomic E-state index is 5.97. The van der Waals surface area contributed by atoms with Crippen LogP contribution in [0.2, 0.25) is 0 Å². The van der Waals surface area contributed by atoms with Crippen molar-refractivity contribution in [1.82, 2.24) is 4.90 Å². The second kappa shape index (κ2) is 8.54. The first kappa shape index (κ1) is 18.7. The van der Waals surface area contributed by atoms with E-state index in [4.69, 9.17) is 21.7 Å². The van der Waals surface area contributed by atoms with E-state index in [2.05, 4.69) is 43.0 Å². The Labute approximate surface area is 161 Å². The maximum Gasteiger partial charge on any atom is 0.161 e. The van der Waals surface area contributed by atoms with Crippen LogP contribution in [0.25, 0.3) is 0 Å². The van der Waals surface area contributed by atoms with E-state index in [0.717, 1.165) is 46.6 Å². The molecular formula is C22H27NO2S. The third-order valence-electron chi connectivity index (χ3n) is 5.00. The van der Waals surface area contributed by atoms with E-state index in [1.165, 1.54) is 18.4 Å². The van der Waals surface area contributed by atoms with Crippen LogP contribution in [0.3, 0.4) is 0 Å². The Morgan fingerprint density at radius 3 is 2.42 bits per heavy atom. The van der Waals surface area contributed by atoms with Crippen molar-refractivity contribution in [3.63, 3.8) is 0 Å². The van der Waals surface area contributed by atoms with Gasteiger partial charge in [-0.15, -0.1) is 0 Å². The van der Waals surface area contributed by atoms with Crippen molar-refractivity contribution < 1.29 is 9.47 Å². The summed E-state index contributed by atoms with van der Waals surface area (Å²) in [5, 5.41) is 0. The normalized spacial score (nSPS) is 15.0. The number of piperidine rings is 1. The first-order chi connectivity index (χ1) is 12.6. The van der Waals surface area contributed by atoms with Crippen LogP contribution in [0, 0.1) is 12.8 Å². The Hall–Kier alpha value is -2.07. The number of hydrogen-bond donors (Lipinski definition) is 0. The van der Waals surface area contributed by atoms with Gasteiger partial charge in [-0.2, -0.15) is 0 Å². The number of hydrogen-bond acceptors (Lipinski definition) is 3. The molecule has 0 amide bonds. The Morgan fingerprint density at radius 2 is 1.77 bits per heavy atom. The highest BCUT2D eigenvalue weighted by atomic mass is 32.1. The standard InChI is InChI=1S/C22H27NO2S/c1-16-4-6-18(7-5-16)15-25-20-9-8-19(14-21(20)24-3)22(26)23-12-10-17(2)11-13-23/h4-9,14,17H,10-13,15H2,1-3H3. The molecule has 2 aromatic carbocycles. The Morgan fingerprint density at radius 1 is 1.08 bits per heavy atom. The monoisotopic (exact) mass is 369 g/mol. The molecule has 0 radical (unpaired) electrons. The largest absolute Gasteiger partial charge is 0.493 e. The van der Waals surface area contributed by atoms with Crippen LogP contribution in [-0.4, -0.2) is 30.1 Å². The summed E-state index contributed by atoms with van der Waals surface area (Å²) in [4.78, 5) is 3.21. The summed E-state index contributed by atoms with van der Waals surface area (Å²) >= 11 is 5.71. The number of rotatable bonds is 5. The van der Waals surface area contributed by atoms with Gasteiger partial charge < -0.3 is 14.4 Å². The molecule has 0 bridgehead atoms. The average Bonchev–Trinajstić information content (AvgIpc) is 2.67. The molecule has 26 heavy (non-hydrogen) atoms. The first-order valence-electron chi connectivity index (χ1n) is 9.22. The number of nitrogens with zero attached hydrogens (tertiary/aromatic N) is 1. The van der Waals surface area contributed by atoms with Crippen LogP contribution in [0.1, 0.15) is 36.5 Å². The predicted octanol–water partition coefficient (Wildman–Crippen LogP) is 4.99. The minimum atomic E-state index is 0.518. The second-order valence-electron chi connectivity index (χ2n) is 7.11. The van der Waals surface area contributed by atoms with Crippen molar-refractivity contribution in [2.45, 2.75) is 33.3 Å². The van der Waals surface area contributed by atoms with Gasteiger partial charge in [0, 0.05) is 18.7 Å². The van der Waals surface area contributed by atoms with Gasteiger partial charge in [-0.05, 0) is 49.4 Å². The highest BCUT2D eigenvalue weighted by Gasteiger charge is 2.19. The van der Waals surface area contributed by atoms with E-state index in [1.807, 2.05) is 18.2 Å². The number of thiocarbonyl (C=S) groups is 1. The smallest absolute Gasteiger partial charge is 0.161 e. The molecule has 0 N–H and O–H groups in total. The fraction of sp³-hybridized carbons (Fsp3) is 0.409. The molecule has 0 atom stereocenters. The van der Waals surface area contributed by atoms with Gasteiger partial charge in [0.2, 0.25) is 0 Å². The van der Waals surface area contributed by atoms with E-state index >= 15 is 0 Å². The summed E-state index contributed by atoms with van der Waals surface area (Å²) in [6.45, 7) is 6.98. The molecule has 1 aliphatic heterocycles. The van der Waals surface area contributed by atoms with Crippen molar-refractivity contribution >= 4 is 17.2 Å². The Bertz CT molecular complexity index is 749. The molecule has 0 unspecified atom stereocenters. The van der Waals surface area contributed by atoms with Gasteiger partial charge in [0.15, 0.2) is 11.5 Å².